The molecule has 0 radical (unpaired) electrons. The molecule has 0 aliphatic carbocycles. The maximum absolute atomic E-state index is 12.7. The Morgan fingerprint density at radius 2 is 1.32 bits per heavy atom. The summed E-state index contributed by atoms with van der Waals surface area (Å²) < 4.78 is 4.73. The predicted octanol–water partition coefficient (Wildman–Crippen LogP) is 2.59. The van der Waals surface area contributed by atoms with Gasteiger partial charge in [-0.15, -0.1) is 0 Å². The monoisotopic (exact) mass is 526 g/mol. The lowest BCUT2D eigenvalue weighted by Gasteiger charge is -2.24. The van der Waals surface area contributed by atoms with E-state index in [-0.39, 0.29) is 24.3 Å². The Kier molecular flexibility index (Phi) is 18.1. The number of nitrogens with one attached hydrogen (secondary N) is 4. The van der Waals surface area contributed by atoms with E-state index in [1.807, 2.05) is 13.8 Å². The van der Waals surface area contributed by atoms with Crippen molar-refractivity contribution in [1.82, 2.24) is 21.3 Å². The van der Waals surface area contributed by atoms with E-state index in [1.165, 1.54) is 32.8 Å². The first-order valence-corrected chi connectivity index (χ1v) is 13.7. The van der Waals surface area contributed by atoms with Gasteiger partial charge in [0.2, 0.25) is 23.6 Å². The Hall–Kier alpha value is -2.65. The molecule has 10 heteroatoms. The van der Waals surface area contributed by atoms with Gasteiger partial charge in [-0.05, 0) is 31.6 Å². The maximum atomic E-state index is 12.7. The Morgan fingerprint density at radius 1 is 0.730 bits per heavy atom. The van der Waals surface area contributed by atoms with Gasteiger partial charge in [0.25, 0.3) is 0 Å². The van der Waals surface area contributed by atoms with Crippen LogP contribution >= 0.6 is 0 Å². The van der Waals surface area contributed by atoms with Crippen molar-refractivity contribution >= 4 is 29.6 Å². The van der Waals surface area contributed by atoms with Crippen LogP contribution in [0.5, 0.6) is 0 Å². The molecule has 0 saturated heterocycles. The molecule has 37 heavy (non-hydrogen) atoms. The molecule has 0 bridgehead atoms. The minimum atomic E-state index is -0.894. The number of carbonyl (C=O) groups excluding carboxylic acids is 5. The molecule has 4 amide bonds. The van der Waals surface area contributed by atoms with Crippen molar-refractivity contribution in [3.8, 4) is 0 Å². The van der Waals surface area contributed by atoms with Gasteiger partial charge in [0.15, 0.2) is 0 Å². The highest BCUT2D eigenvalue weighted by Crippen LogP contribution is 2.09. The van der Waals surface area contributed by atoms with Crippen LogP contribution in [-0.2, 0) is 28.7 Å². The second kappa shape index (κ2) is 19.5. The summed E-state index contributed by atoms with van der Waals surface area (Å²) in [5.41, 5.74) is 0. The van der Waals surface area contributed by atoms with Crippen LogP contribution in [0.3, 0.4) is 0 Å². The van der Waals surface area contributed by atoms with Crippen LogP contribution < -0.4 is 21.3 Å². The van der Waals surface area contributed by atoms with Crippen molar-refractivity contribution in [1.29, 1.82) is 0 Å². The first-order valence-electron chi connectivity index (χ1n) is 13.7. The van der Waals surface area contributed by atoms with Crippen molar-refractivity contribution in [3.05, 3.63) is 0 Å². The van der Waals surface area contributed by atoms with E-state index >= 15 is 0 Å². The number of ether oxygens (including phenoxy) is 1. The SMILES string of the molecule is CCCCCCCCCC(=O)N[C@@H](C)C(=O)N[C@H](C(=O)NCC(=O)N[C@@H](CC(C)C)C(=O)OC)C(C)C. The minimum Gasteiger partial charge on any atom is -0.467 e. The molecule has 3 atom stereocenters. The Balaban J connectivity index is 4.63. The van der Waals surface area contributed by atoms with Gasteiger partial charge in [0.05, 0.1) is 13.7 Å². The van der Waals surface area contributed by atoms with E-state index in [0.29, 0.717) is 12.8 Å². The maximum Gasteiger partial charge on any atom is 0.328 e. The number of amides is 4. The third-order valence-electron chi connectivity index (χ3n) is 5.98. The third kappa shape index (κ3) is 15.9. The summed E-state index contributed by atoms with van der Waals surface area (Å²) in [7, 11) is 1.25. The molecule has 0 aliphatic heterocycles. The van der Waals surface area contributed by atoms with Gasteiger partial charge in [-0.1, -0.05) is 73.1 Å². The average Bonchev–Trinajstić information content (AvgIpc) is 2.83. The van der Waals surface area contributed by atoms with Crippen LogP contribution in [0.2, 0.25) is 0 Å². The number of carbonyl (C=O) groups is 5. The summed E-state index contributed by atoms with van der Waals surface area (Å²) >= 11 is 0. The molecule has 0 aromatic carbocycles. The lowest BCUT2D eigenvalue weighted by Crippen LogP contribution is -2.56. The summed E-state index contributed by atoms with van der Waals surface area (Å²) in [4.78, 5) is 61.7. The summed E-state index contributed by atoms with van der Waals surface area (Å²) in [5.74, 6) is -2.40. The standard InChI is InChI=1S/C27H50N4O6/c1-8-9-10-11-12-13-14-15-22(32)29-20(6)25(34)31-24(19(4)5)26(35)28-17-23(33)30-21(16-18(2)3)27(36)37-7/h18-21,24H,8-17H2,1-7H3,(H,28,35)(H,29,32)(H,30,33)(H,31,34)/t20-,21-,24-/m0/s1. The molecule has 0 aromatic rings. The highest BCUT2D eigenvalue weighted by molar-refractivity contribution is 5.93. The summed E-state index contributed by atoms with van der Waals surface area (Å²) in [6, 6.07) is -2.50. The highest BCUT2D eigenvalue weighted by Gasteiger charge is 2.28. The van der Waals surface area contributed by atoms with Gasteiger partial charge in [-0.3, -0.25) is 19.2 Å². The van der Waals surface area contributed by atoms with Gasteiger partial charge in [-0.2, -0.15) is 0 Å². The fourth-order valence-corrected chi connectivity index (χ4v) is 3.79. The zero-order chi connectivity index (χ0) is 28.4. The molecule has 0 unspecified atom stereocenters. The molecule has 0 heterocycles. The molecule has 0 spiro atoms. The Morgan fingerprint density at radius 3 is 1.86 bits per heavy atom. The molecule has 0 fully saturated rings. The zero-order valence-corrected chi connectivity index (χ0v) is 23.9. The van der Waals surface area contributed by atoms with Gasteiger partial charge >= 0.3 is 5.97 Å². The van der Waals surface area contributed by atoms with Gasteiger partial charge in [0.1, 0.15) is 18.1 Å². The molecule has 0 aromatic heterocycles. The van der Waals surface area contributed by atoms with E-state index in [1.54, 1.807) is 20.8 Å². The summed E-state index contributed by atoms with van der Waals surface area (Å²) in [6.45, 7) is 10.8. The number of rotatable bonds is 19. The van der Waals surface area contributed by atoms with E-state index in [4.69, 9.17) is 4.74 Å². The highest BCUT2D eigenvalue weighted by atomic mass is 16.5. The van der Waals surface area contributed by atoms with E-state index < -0.39 is 41.8 Å². The van der Waals surface area contributed by atoms with Crippen molar-refractivity contribution in [3.63, 3.8) is 0 Å². The molecule has 10 nitrogen and oxygen atoms in total. The van der Waals surface area contributed by atoms with Crippen molar-refractivity contribution in [2.24, 2.45) is 11.8 Å². The molecule has 214 valence electrons. The fourth-order valence-electron chi connectivity index (χ4n) is 3.79. The normalized spacial score (nSPS) is 13.4. The van der Waals surface area contributed by atoms with Crippen LogP contribution in [0.15, 0.2) is 0 Å². The van der Waals surface area contributed by atoms with E-state index in [2.05, 4.69) is 28.2 Å². The van der Waals surface area contributed by atoms with Crippen molar-refractivity contribution < 1.29 is 28.7 Å². The summed E-state index contributed by atoms with van der Waals surface area (Å²) in [5, 5.41) is 10.4. The molecule has 0 rings (SSSR count). The predicted molar refractivity (Wildman–Crippen MR) is 143 cm³/mol. The van der Waals surface area contributed by atoms with E-state index in [9.17, 15) is 24.0 Å². The van der Waals surface area contributed by atoms with Crippen LogP contribution in [0.25, 0.3) is 0 Å². The Bertz CT molecular complexity index is 726. The van der Waals surface area contributed by atoms with Gasteiger partial charge in [-0.25, -0.2) is 4.79 Å². The molecule has 4 N–H and O–H groups in total. The number of methoxy groups -OCH3 is 1. The lowest BCUT2D eigenvalue weighted by atomic mass is 10.0. The number of hydrogen-bond acceptors (Lipinski definition) is 6. The van der Waals surface area contributed by atoms with Crippen molar-refractivity contribution in [2.45, 2.75) is 117 Å². The van der Waals surface area contributed by atoms with Crippen molar-refractivity contribution in [2.75, 3.05) is 13.7 Å². The van der Waals surface area contributed by atoms with Crippen LogP contribution in [0.1, 0.15) is 99.3 Å². The topological polar surface area (TPSA) is 143 Å². The zero-order valence-electron chi connectivity index (χ0n) is 23.9. The van der Waals surface area contributed by atoms with Crippen LogP contribution in [0, 0.1) is 11.8 Å². The smallest absolute Gasteiger partial charge is 0.328 e. The quantitative estimate of drug-likeness (QED) is 0.151. The molecular weight excluding hydrogens is 476 g/mol. The first kappa shape index (κ1) is 34.4. The number of hydrogen-bond donors (Lipinski definition) is 4. The minimum absolute atomic E-state index is 0.151. The summed E-state index contributed by atoms with van der Waals surface area (Å²) in [6.07, 6.45) is 8.47. The first-order chi connectivity index (χ1) is 17.4. The number of unbranched alkanes of at least 4 members (excludes halogenated alkanes) is 6. The fraction of sp³-hybridized carbons (Fsp3) is 0.815. The van der Waals surface area contributed by atoms with Gasteiger partial charge in [0, 0.05) is 6.42 Å². The molecule has 0 aliphatic rings. The number of esters is 1. The lowest BCUT2D eigenvalue weighted by molar-refractivity contribution is -0.145. The largest absolute Gasteiger partial charge is 0.467 e. The van der Waals surface area contributed by atoms with Gasteiger partial charge < -0.3 is 26.0 Å². The van der Waals surface area contributed by atoms with Crippen LogP contribution in [0.4, 0.5) is 0 Å². The Labute approximate surface area is 222 Å². The second-order valence-corrected chi connectivity index (χ2v) is 10.4. The molecule has 0 saturated carbocycles. The van der Waals surface area contributed by atoms with E-state index in [0.717, 1.165) is 19.3 Å². The van der Waals surface area contributed by atoms with Crippen LogP contribution in [-0.4, -0.2) is 61.4 Å². The third-order valence-corrected chi connectivity index (χ3v) is 5.98. The molecular formula is C27H50N4O6. The average molecular weight is 527 g/mol. The second-order valence-electron chi connectivity index (χ2n) is 10.4.